The van der Waals surface area contributed by atoms with Crippen molar-refractivity contribution < 1.29 is 14.3 Å². The first-order valence-corrected chi connectivity index (χ1v) is 8.92. The summed E-state index contributed by atoms with van der Waals surface area (Å²) in [6.45, 7) is 2.25. The Balaban J connectivity index is 1.97. The summed E-state index contributed by atoms with van der Waals surface area (Å²) < 4.78 is 6.47. The Hall–Kier alpha value is -2.96. The smallest absolute Gasteiger partial charge is 0.263 e. The van der Waals surface area contributed by atoms with Crippen LogP contribution in [-0.2, 0) is 6.54 Å². The van der Waals surface area contributed by atoms with E-state index in [0.717, 1.165) is 6.42 Å². The number of methoxy groups -OCH3 is 1. The minimum atomic E-state index is -0.512. The molecule has 7 nitrogen and oxygen atoms in total. The number of Topliss-reactive ketones (excluding diaryl/α,β-unsaturated/α-hetero) is 1. The van der Waals surface area contributed by atoms with Gasteiger partial charge in [-0.05, 0) is 30.4 Å². The number of hydrogen-bond acceptors (Lipinski definition) is 5. The van der Waals surface area contributed by atoms with Gasteiger partial charge in [0.1, 0.15) is 5.56 Å². The van der Waals surface area contributed by atoms with Crippen LogP contribution in [0.2, 0.25) is 0 Å². The van der Waals surface area contributed by atoms with Gasteiger partial charge in [0.05, 0.1) is 19.3 Å². The molecule has 0 unspecified atom stereocenters. The van der Waals surface area contributed by atoms with Gasteiger partial charge in [-0.3, -0.25) is 14.4 Å². The molecule has 0 radical (unpaired) electrons. The highest BCUT2D eigenvalue weighted by Crippen LogP contribution is 2.41. The van der Waals surface area contributed by atoms with Crippen molar-refractivity contribution in [2.24, 2.45) is 11.8 Å². The van der Waals surface area contributed by atoms with Crippen LogP contribution in [0.15, 0.2) is 35.3 Å². The summed E-state index contributed by atoms with van der Waals surface area (Å²) in [6.07, 6.45) is 3.00. The molecular weight excluding hydrogens is 346 g/mol. The maximum atomic E-state index is 12.7. The molecule has 7 heteroatoms. The summed E-state index contributed by atoms with van der Waals surface area (Å²) in [5.74, 6) is 0.811. The lowest BCUT2D eigenvalue weighted by Gasteiger charge is -2.11. The zero-order valence-electron chi connectivity index (χ0n) is 15.7. The molecule has 27 heavy (non-hydrogen) atoms. The number of amides is 1. The molecule has 3 rings (SSSR count). The Morgan fingerprint density at radius 3 is 2.74 bits per heavy atom. The standard InChI is InChI=1S/C20H23N3O4/c1-12-7-13(12)9-17(24)14-8-16(19(25)21-2)20(26)23(10-14)11-15-5-4-6-18(22-15)27-3/h4-6,8,10,12-13H,7,9,11H2,1-3H3,(H,21,25)/t12-,13+/m0/s1. The van der Waals surface area contributed by atoms with E-state index in [0.29, 0.717) is 35.4 Å². The Kier molecular flexibility index (Phi) is 5.39. The quantitative estimate of drug-likeness (QED) is 0.753. The molecule has 1 aliphatic rings. The monoisotopic (exact) mass is 369 g/mol. The average Bonchev–Trinajstić information content (AvgIpc) is 3.37. The van der Waals surface area contributed by atoms with Gasteiger partial charge < -0.3 is 14.6 Å². The Bertz CT molecular complexity index is 935. The maximum absolute atomic E-state index is 12.7. The van der Waals surface area contributed by atoms with Crippen molar-refractivity contribution in [3.05, 3.63) is 57.6 Å². The van der Waals surface area contributed by atoms with Crippen molar-refractivity contribution >= 4 is 11.7 Å². The van der Waals surface area contributed by atoms with E-state index in [-0.39, 0.29) is 17.9 Å². The van der Waals surface area contributed by atoms with Crippen LogP contribution in [0, 0.1) is 11.8 Å². The predicted octanol–water partition coefficient (Wildman–Crippen LogP) is 1.89. The molecule has 1 saturated carbocycles. The highest BCUT2D eigenvalue weighted by Gasteiger charge is 2.34. The van der Waals surface area contributed by atoms with E-state index in [1.807, 2.05) is 0 Å². The summed E-state index contributed by atoms with van der Waals surface area (Å²) in [5.41, 5.74) is 0.459. The number of nitrogens with one attached hydrogen (secondary N) is 1. The highest BCUT2D eigenvalue weighted by molar-refractivity contribution is 6.00. The van der Waals surface area contributed by atoms with Crippen molar-refractivity contribution in [2.45, 2.75) is 26.3 Å². The second-order valence-electron chi connectivity index (χ2n) is 6.93. The van der Waals surface area contributed by atoms with E-state index in [4.69, 9.17) is 4.74 Å². The first-order chi connectivity index (χ1) is 12.9. The molecule has 142 valence electrons. The van der Waals surface area contributed by atoms with Crippen molar-refractivity contribution in [3.63, 3.8) is 0 Å². The molecule has 1 aliphatic carbocycles. The number of aromatic nitrogens is 2. The van der Waals surface area contributed by atoms with Gasteiger partial charge in [-0.25, -0.2) is 4.98 Å². The normalized spacial score (nSPS) is 18.0. The van der Waals surface area contributed by atoms with Crippen LogP contribution < -0.4 is 15.6 Å². The van der Waals surface area contributed by atoms with Crippen LogP contribution in [0.25, 0.3) is 0 Å². The van der Waals surface area contributed by atoms with Gasteiger partial charge in [0.15, 0.2) is 5.78 Å². The third-order valence-corrected chi connectivity index (χ3v) is 4.93. The van der Waals surface area contributed by atoms with E-state index in [2.05, 4.69) is 17.2 Å². The Morgan fingerprint density at radius 1 is 1.37 bits per heavy atom. The third-order valence-electron chi connectivity index (χ3n) is 4.93. The average molecular weight is 369 g/mol. The molecular formula is C20H23N3O4. The number of pyridine rings is 2. The van der Waals surface area contributed by atoms with E-state index in [1.165, 1.54) is 31.0 Å². The SMILES string of the molecule is CNC(=O)c1cc(C(=O)C[C@H]2C[C@@H]2C)cn(Cc2cccc(OC)n2)c1=O. The maximum Gasteiger partial charge on any atom is 0.263 e. The van der Waals surface area contributed by atoms with Crippen molar-refractivity contribution in [2.75, 3.05) is 14.2 Å². The van der Waals surface area contributed by atoms with Gasteiger partial charge >= 0.3 is 0 Å². The highest BCUT2D eigenvalue weighted by atomic mass is 16.5. The van der Waals surface area contributed by atoms with Gasteiger partial charge in [-0.1, -0.05) is 13.0 Å². The number of carbonyl (C=O) groups is 2. The summed E-state index contributed by atoms with van der Waals surface area (Å²) in [7, 11) is 2.97. The molecule has 2 aromatic heterocycles. The van der Waals surface area contributed by atoms with Crippen LogP contribution >= 0.6 is 0 Å². The van der Waals surface area contributed by atoms with Crippen LogP contribution in [0.4, 0.5) is 0 Å². The zero-order chi connectivity index (χ0) is 19.6. The molecule has 0 bridgehead atoms. The van der Waals surface area contributed by atoms with Gasteiger partial charge in [-0.15, -0.1) is 0 Å². The van der Waals surface area contributed by atoms with E-state index < -0.39 is 11.5 Å². The molecule has 2 heterocycles. The molecule has 0 spiro atoms. The Labute approximate surface area is 157 Å². The van der Waals surface area contributed by atoms with E-state index in [1.54, 1.807) is 18.2 Å². The van der Waals surface area contributed by atoms with Crippen LogP contribution in [0.5, 0.6) is 5.88 Å². The lowest BCUT2D eigenvalue weighted by Crippen LogP contribution is -2.32. The molecule has 2 aromatic rings. The summed E-state index contributed by atoms with van der Waals surface area (Å²) in [4.78, 5) is 41.8. The first kappa shape index (κ1) is 18.8. The summed E-state index contributed by atoms with van der Waals surface area (Å²) in [5, 5.41) is 2.46. The van der Waals surface area contributed by atoms with Gasteiger partial charge in [0.2, 0.25) is 5.88 Å². The minimum Gasteiger partial charge on any atom is -0.481 e. The second-order valence-corrected chi connectivity index (χ2v) is 6.93. The van der Waals surface area contributed by atoms with Gasteiger partial charge in [-0.2, -0.15) is 0 Å². The lowest BCUT2D eigenvalue weighted by molar-refractivity contribution is 0.0961. The van der Waals surface area contributed by atoms with Gasteiger partial charge in [0, 0.05) is 31.3 Å². The minimum absolute atomic E-state index is 0.0462. The number of hydrogen-bond donors (Lipinski definition) is 1. The fourth-order valence-electron chi connectivity index (χ4n) is 3.08. The van der Waals surface area contributed by atoms with Crippen LogP contribution in [0.1, 0.15) is 46.2 Å². The molecule has 0 aromatic carbocycles. The number of ketones is 1. The number of carbonyl (C=O) groups excluding carboxylic acids is 2. The fraction of sp³-hybridized carbons (Fsp3) is 0.400. The first-order valence-electron chi connectivity index (χ1n) is 8.92. The molecule has 1 fully saturated rings. The molecule has 0 aliphatic heterocycles. The van der Waals surface area contributed by atoms with Crippen molar-refractivity contribution in [1.82, 2.24) is 14.9 Å². The van der Waals surface area contributed by atoms with Crippen LogP contribution in [0.3, 0.4) is 0 Å². The number of nitrogens with zero attached hydrogens (tertiary/aromatic N) is 2. The van der Waals surface area contributed by atoms with Crippen LogP contribution in [-0.4, -0.2) is 35.4 Å². The molecule has 2 atom stereocenters. The number of rotatable bonds is 7. The third kappa shape index (κ3) is 4.24. The second kappa shape index (κ2) is 7.73. The largest absolute Gasteiger partial charge is 0.481 e. The van der Waals surface area contributed by atoms with Gasteiger partial charge in [0.25, 0.3) is 11.5 Å². The topological polar surface area (TPSA) is 90.3 Å². The lowest BCUT2D eigenvalue weighted by atomic mass is 10.0. The molecule has 0 saturated heterocycles. The number of ether oxygens (including phenoxy) is 1. The van der Waals surface area contributed by atoms with Crippen molar-refractivity contribution in [3.8, 4) is 5.88 Å². The van der Waals surface area contributed by atoms with E-state index in [9.17, 15) is 14.4 Å². The Morgan fingerprint density at radius 2 is 2.11 bits per heavy atom. The van der Waals surface area contributed by atoms with Crippen molar-refractivity contribution in [1.29, 1.82) is 0 Å². The summed E-state index contributed by atoms with van der Waals surface area (Å²) in [6, 6.07) is 6.63. The summed E-state index contributed by atoms with van der Waals surface area (Å²) >= 11 is 0. The predicted molar refractivity (Wildman–Crippen MR) is 100 cm³/mol. The fourth-order valence-corrected chi connectivity index (χ4v) is 3.08. The molecule has 1 amide bonds. The zero-order valence-corrected chi connectivity index (χ0v) is 15.7. The van der Waals surface area contributed by atoms with E-state index >= 15 is 0 Å². The molecule has 1 N–H and O–H groups in total.